The van der Waals surface area contributed by atoms with Gasteiger partial charge in [-0.05, 0) is 41.2 Å². The van der Waals surface area contributed by atoms with Gasteiger partial charge < -0.3 is 14.7 Å². The fourth-order valence-corrected chi connectivity index (χ4v) is 4.52. The third-order valence-corrected chi connectivity index (χ3v) is 6.39. The number of amidine groups is 1. The van der Waals surface area contributed by atoms with Crippen LogP contribution in [-0.2, 0) is 15.6 Å². The smallest absolute Gasteiger partial charge is 0.182 e. The van der Waals surface area contributed by atoms with Gasteiger partial charge in [0.2, 0.25) is 0 Å². The second-order valence-corrected chi connectivity index (χ2v) is 10.9. The van der Waals surface area contributed by atoms with Crippen LogP contribution in [0.3, 0.4) is 0 Å². The lowest BCUT2D eigenvalue weighted by molar-refractivity contribution is 0.0197. The quantitative estimate of drug-likeness (QED) is 0.580. The van der Waals surface area contributed by atoms with E-state index in [2.05, 4.69) is 0 Å². The molecular formula is C24H37BrN2O3. The first-order chi connectivity index (χ1) is 13.3. The lowest BCUT2D eigenvalue weighted by atomic mass is 9.78. The number of phenolic OH excluding ortho intramolecular Hbond substituents is 1. The molecule has 2 aliphatic heterocycles. The molecule has 0 saturated carbocycles. The Morgan fingerprint density at radius 2 is 1.60 bits per heavy atom. The summed E-state index contributed by atoms with van der Waals surface area (Å²) >= 11 is 0. The van der Waals surface area contributed by atoms with Gasteiger partial charge in [-0.3, -0.25) is 10.2 Å². The van der Waals surface area contributed by atoms with Crippen LogP contribution < -0.4 is 0 Å². The first-order valence-corrected chi connectivity index (χ1v) is 10.6. The number of nitrogens with one attached hydrogen (secondary N) is 1. The molecule has 0 amide bonds. The van der Waals surface area contributed by atoms with Crippen LogP contribution in [0.4, 0.5) is 0 Å². The fourth-order valence-electron chi connectivity index (χ4n) is 4.52. The molecule has 30 heavy (non-hydrogen) atoms. The molecule has 0 aliphatic carbocycles. The minimum atomic E-state index is -0.271. The fraction of sp³-hybridized carbons (Fsp3) is 0.667. The molecule has 0 atom stereocenters. The number of phenols is 1. The molecule has 2 N–H and O–H groups in total. The van der Waals surface area contributed by atoms with Crippen molar-refractivity contribution < 1.29 is 14.6 Å². The van der Waals surface area contributed by atoms with Crippen LogP contribution in [0.15, 0.2) is 12.1 Å². The Bertz CT molecular complexity index is 780. The highest BCUT2D eigenvalue weighted by atomic mass is 79.9. The van der Waals surface area contributed by atoms with Crippen molar-refractivity contribution in [1.29, 1.82) is 5.41 Å². The number of ketones is 1. The lowest BCUT2D eigenvalue weighted by Crippen LogP contribution is -2.35. The van der Waals surface area contributed by atoms with E-state index < -0.39 is 0 Å². The molecule has 1 spiro atoms. The maximum Gasteiger partial charge on any atom is 0.182 e. The molecule has 0 unspecified atom stereocenters. The largest absolute Gasteiger partial charge is 0.507 e. The van der Waals surface area contributed by atoms with Gasteiger partial charge in [-0.25, -0.2) is 0 Å². The van der Waals surface area contributed by atoms with Crippen LogP contribution in [-0.4, -0.2) is 47.9 Å². The van der Waals surface area contributed by atoms with Gasteiger partial charge in [0.15, 0.2) is 5.78 Å². The summed E-state index contributed by atoms with van der Waals surface area (Å²) in [6.07, 6.45) is 2.66. The van der Waals surface area contributed by atoms with E-state index in [-0.39, 0.29) is 51.3 Å². The highest BCUT2D eigenvalue weighted by Crippen LogP contribution is 2.42. The van der Waals surface area contributed by atoms with Crippen molar-refractivity contribution in [3.05, 3.63) is 28.8 Å². The molecule has 1 aromatic rings. The van der Waals surface area contributed by atoms with Crippen LogP contribution in [0.25, 0.3) is 0 Å². The molecule has 6 heteroatoms. The molecule has 5 nitrogen and oxygen atoms in total. The van der Waals surface area contributed by atoms with E-state index in [1.54, 1.807) is 0 Å². The van der Waals surface area contributed by atoms with Gasteiger partial charge in [0, 0.05) is 42.9 Å². The molecule has 3 rings (SSSR count). The number of likely N-dealkylation sites (tertiary alicyclic amines) is 1. The molecular weight excluding hydrogens is 444 g/mol. The number of nitrogens with zero attached hydrogens (tertiary/aromatic N) is 1. The molecule has 1 aromatic carbocycles. The van der Waals surface area contributed by atoms with Crippen molar-refractivity contribution in [3.63, 3.8) is 0 Å². The van der Waals surface area contributed by atoms with Crippen molar-refractivity contribution in [3.8, 4) is 5.75 Å². The predicted octanol–water partition coefficient (Wildman–Crippen LogP) is 5.23. The third kappa shape index (κ3) is 5.08. The van der Waals surface area contributed by atoms with Crippen molar-refractivity contribution in [2.45, 2.75) is 71.6 Å². The first kappa shape index (κ1) is 24.9. The summed E-state index contributed by atoms with van der Waals surface area (Å²) < 4.78 is 5.50. The maximum atomic E-state index is 13.2. The number of carbonyl (C=O) groups excluding carboxylic acids is 1. The van der Waals surface area contributed by atoms with E-state index in [0.717, 1.165) is 50.1 Å². The van der Waals surface area contributed by atoms with Crippen LogP contribution in [0.5, 0.6) is 5.75 Å². The standard InChI is InChI=1S/C24H36N2O3.BrH/c1-22(2,3)17-11-16(12-18(21(17)28)23(4,5)6)19(27)14-26-15-24(13-20(26)25)7-9-29-10-8-24;/h11-12,25,28H,7-10,13-15H2,1-6H3;1H. The van der Waals surface area contributed by atoms with Crippen molar-refractivity contribution in [2.24, 2.45) is 5.41 Å². The summed E-state index contributed by atoms with van der Waals surface area (Å²) in [6.45, 7) is 14.8. The average molecular weight is 481 g/mol. The number of Topliss-reactive ketones (excluding diaryl/α,β-unsaturated/α-hetero) is 1. The van der Waals surface area contributed by atoms with Gasteiger partial charge in [0.1, 0.15) is 5.75 Å². The van der Waals surface area contributed by atoms with Crippen LogP contribution in [0, 0.1) is 10.8 Å². The number of hydrogen-bond acceptors (Lipinski definition) is 4. The molecule has 0 bridgehead atoms. The minimum Gasteiger partial charge on any atom is -0.507 e. The van der Waals surface area contributed by atoms with E-state index in [1.165, 1.54) is 0 Å². The number of rotatable bonds is 3. The topological polar surface area (TPSA) is 73.6 Å². The van der Waals surface area contributed by atoms with Crippen LogP contribution >= 0.6 is 17.0 Å². The Labute approximate surface area is 191 Å². The van der Waals surface area contributed by atoms with Gasteiger partial charge >= 0.3 is 0 Å². The first-order valence-electron chi connectivity index (χ1n) is 10.6. The van der Waals surface area contributed by atoms with Crippen molar-refractivity contribution in [1.82, 2.24) is 4.90 Å². The number of halogens is 1. The second-order valence-electron chi connectivity index (χ2n) is 10.9. The van der Waals surface area contributed by atoms with Crippen molar-refractivity contribution in [2.75, 3.05) is 26.3 Å². The lowest BCUT2D eigenvalue weighted by Gasteiger charge is -2.32. The maximum absolute atomic E-state index is 13.2. The average Bonchev–Trinajstić information content (AvgIpc) is 2.88. The summed E-state index contributed by atoms with van der Waals surface area (Å²) in [5.41, 5.74) is 1.77. The predicted molar refractivity (Wildman–Crippen MR) is 127 cm³/mol. The Kier molecular flexibility index (Phi) is 7.14. The van der Waals surface area contributed by atoms with E-state index >= 15 is 0 Å². The Balaban J connectivity index is 0.00000320. The van der Waals surface area contributed by atoms with Crippen LogP contribution in [0.1, 0.15) is 82.3 Å². The Morgan fingerprint density at radius 1 is 1.10 bits per heavy atom. The number of benzene rings is 1. The highest BCUT2D eigenvalue weighted by Gasteiger charge is 2.42. The van der Waals surface area contributed by atoms with Crippen LogP contribution in [0.2, 0.25) is 0 Å². The molecule has 168 valence electrons. The van der Waals surface area contributed by atoms with Gasteiger partial charge in [0.05, 0.1) is 12.4 Å². The summed E-state index contributed by atoms with van der Waals surface area (Å²) in [7, 11) is 0. The van der Waals surface area contributed by atoms with E-state index in [0.29, 0.717) is 11.4 Å². The second kappa shape index (κ2) is 8.62. The summed E-state index contributed by atoms with van der Waals surface area (Å²) in [5.74, 6) is 0.859. The summed E-state index contributed by atoms with van der Waals surface area (Å²) in [6, 6.07) is 3.69. The van der Waals surface area contributed by atoms with Gasteiger partial charge in [0.25, 0.3) is 0 Å². The van der Waals surface area contributed by atoms with E-state index in [4.69, 9.17) is 10.1 Å². The SMILES string of the molecule is Br.CC(C)(C)c1cc(C(=O)CN2CC3(CCOCC3)CC2=N)cc(C(C)(C)C)c1O. The number of hydrogen-bond donors (Lipinski definition) is 2. The normalized spacial score (nSPS) is 19.1. The zero-order valence-corrected chi connectivity index (χ0v) is 20.9. The Morgan fingerprint density at radius 3 is 2.07 bits per heavy atom. The van der Waals surface area contributed by atoms with E-state index in [9.17, 15) is 9.90 Å². The highest BCUT2D eigenvalue weighted by molar-refractivity contribution is 8.93. The Hall–Kier alpha value is -1.40. The zero-order valence-electron chi connectivity index (χ0n) is 19.2. The zero-order chi connectivity index (χ0) is 21.6. The number of ether oxygens (including phenoxy) is 1. The molecule has 2 aliphatic rings. The molecule has 2 saturated heterocycles. The van der Waals surface area contributed by atoms with Crippen molar-refractivity contribution >= 4 is 28.6 Å². The third-order valence-electron chi connectivity index (χ3n) is 6.39. The van der Waals surface area contributed by atoms with Gasteiger partial charge in [-0.1, -0.05) is 41.5 Å². The van der Waals surface area contributed by atoms with Gasteiger partial charge in [-0.2, -0.15) is 0 Å². The number of aromatic hydroxyl groups is 1. The van der Waals surface area contributed by atoms with E-state index in [1.807, 2.05) is 58.6 Å². The monoisotopic (exact) mass is 480 g/mol. The summed E-state index contributed by atoms with van der Waals surface area (Å²) in [4.78, 5) is 15.2. The summed E-state index contributed by atoms with van der Waals surface area (Å²) in [5, 5.41) is 19.3. The molecule has 2 heterocycles. The number of carbonyl (C=O) groups is 1. The molecule has 0 aromatic heterocycles. The minimum absolute atomic E-state index is 0. The molecule has 0 radical (unpaired) electrons. The van der Waals surface area contributed by atoms with Gasteiger partial charge in [-0.15, -0.1) is 17.0 Å². The molecule has 2 fully saturated rings.